The summed E-state index contributed by atoms with van der Waals surface area (Å²) >= 11 is 0. The molecule has 0 saturated heterocycles. The highest BCUT2D eigenvalue weighted by atomic mass is 16.5. The van der Waals surface area contributed by atoms with Crippen LogP contribution in [0.3, 0.4) is 0 Å². The van der Waals surface area contributed by atoms with Gasteiger partial charge in [-0.15, -0.1) is 0 Å². The van der Waals surface area contributed by atoms with Crippen LogP contribution in [-0.2, 0) is 4.74 Å². The average molecular weight is 280 g/mol. The zero-order valence-corrected chi connectivity index (χ0v) is 12.5. The molecule has 6 heteroatoms. The minimum atomic E-state index is -0.134. The Kier molecular flexibility index (Phi) is 7.60. The maximum absolute atomic E-state index is 12.0. The molecule has 0 unspecified atom stereocenters. The third-order valence-corrected chi connectivity index (χ3v) is 2.61. The van der Waals surface area contributed by atoms with Crippen LogP contribution in [0.25, 0.3) is 0 Å². The number of hydrogen-bond donors (Lipinski definition) is 2. The van der Waals surface area contributed by atoms with E-state index in [1.54, 1.807) is 18.3 Å². The fourth-order valence-electron chi connectivity index (χ4n) is 1.58. The minimum Gasteiger partial charge on any atom is -0.378 e. The summed E-state index contributed by atoms with van der Waals surface area (Å²) in [5.74, 6) is 0.478. The smallest absolute Gasteiger partial charge is 0.255 e. The number of nitrogens with one attached hydrogen (secondary N) is 2. The van der Waals surface area contributed by atoms with Crippen molar-refractivity contribution in [3.63, 3.8) is 0 Å². The van der Waals surface area contributed by atoms with Gasteiger partial charge in [-0.1, -0.05) is 0 Å². The molecule has 0 aliphatic carbocycles. The number of nitrogens with zero attached hydrogens (tertiary/aromatic N) is 2. The predicted octanol–water partition coefficient (Wildman–Crippen LogP) is 0.821. The molecule has 0 fully saturated rings. The summed E-state index contributed by atoms with van der Waals surface area (Å²) in [5, 5.41) is 5.90. The van der Waals surface area contributed by atoms with E-state index in [4.69, 9.17) is 4.74 Å². The largest absolute Gasteiger partial charge is 0.378 e. The number of rotatable bonds is 9. The van der Waals surface area contributed by atoms with E-state index in [-0.39, 0.29) is 5.91 Å². The first kappa shape index (κ1) is 16.4. The lowest BCUT2D eigenvalue weighted by Gasteiger charge is -2.11. The van der Waals surface area contributed by atoms with Crippen molar-refractivity contribution in [3.05, 3.63) is 23.9 Å². The molecule has 0 aromatic carbocycles. The van der Waals surface area contributed by atoms with Gasteiger partial charge in [0, 0.05) is 25.8 Å². The van der Waals surface area contributed by atoms with Crippen molar-refractivity contribution in [2.45, 2.75) is 6.92 Å². The summed E-state index contributed by atoms with van der Waals surface area (Å²) < 4.78 is 5.42. The predicted molar refractivity (Wildman–Crippen MR) is 80.1 cm³/mol. The normalized spacial score (nSPS) is 10.6. The highest BCUT2D eigenvalue weighted by Crippen LogP contribution is 2.10. The van der Waals surface area contributed by atoms with Gasteiger partial charge in [-0.3, -0.25) is 4.79 Å². The molecular formula is C14H24N4O2. The SMILES string of the molecule is CCNc1ncccc1C(=O)NCCOCCN(C)C. The van der Waals surface area contributed by atoms with Crippen molar-refractivity contribution >= 4 is 11.7 Å². The summed E-state index contributed by atoms with van der Waals surface area (Å²) in [6, 6.07) is 3.51. The van der Waals surface area contributed by atoms with Crippen LogP contribution in [0.5, 0.6) is 0 Å². The number of amides is 1. The first-order valence-corrected chi connectivity index (χ1v) is 6.84. The summed E-state index contributed by atoms with van der Waals surface area (Å²) in [6.07, 6.45) is 1.67. The van der Waals surface area contributed by atoms with E-state index in [1.165, 1.54) is 0 Å². The Labute approximate surface area is 120 Å². The molecule has 1 aromatic heterocycles. The lowest BCUT2D eigenvalue weighted by Crippen LogP contribution is -2.29. The van der Waals surface area contributed by atoms with E-state index in [1.807, 2.05) is 21.0 Å². The van der Waals surface area contributed by atoms with E-state index in [0.29, 0.717) is 31.1 Å². The van der Waals surface area contributed by atoms with Gasteiger partial charge in [-0.05, 0) is 33.2 Å². The van der Waals surface area contributed by atoms with Crippen molar-refractivity contribution < 1.29 is 9.53 Å². The Morgan fingerprint density at radius 2 is 2.20 bits per heavy atom. The van der Waals surface area contributed by atoms with Gasteiger partial charge in [0.2, 0.25) is 0 Å². The van der Waals surface area contributed by atoms with Gasteiger partial charge in [0.1, 0.15) is 5.82 Å². The number of likely N-dealkylation sites (N-methyl/N-ethyl adjacent to an activating group) is 1. The van der Waals surface area contributed by atoms with E-state index in [2.05, 4.69) is 20.5 Å². The van der Waals surface area contributed by atoms with Gasteiger partial charge in [0.15, 0.2) is 0 Å². The number of carbonyl (C=O) groups excluding carboxylic acids is 1. The Balaban J connectivity index is 2.32. The molecule has 0 aliphatic rings. The number of anilines is 1. The summed E-state index contributed by atoms with van der Waals surface area (Å²) in [4.78, 5) is 18.2. The van der Waals surface area contributed by atoms with Gasteiger partial charge >= 0.3 is 0 Å². The van der Waals surface area contributed by atoms with Crippen LogP contribution < -0.4 is 10.6 Å². The number of aromatic nitrogens is 1. The monoisotopic (exact) mass is 280 g/mol. The average Bonchev–Trinajstić information content (AvgIpc) is 2.43. The van der Waals surface area contributed by atoms with Gasteiger partial charge in [-0.2, -0.15) is 0 Å². The molecule has 20 heavy (non-hydrogen) atoms. The topological polar surface area (TPSA) is 66.5 Å². The number of hydrogen-bond acceptors (Lipinski definition) is 5. The van der Waals surface area contributed by atoms with Gasteiger partial charge in [-0.25, -0.2) is 4.98 Å². The zero-order chi connectivity index (χ0) is 14.8. The molecule has 2 N–H and O–H groups in total. The molecule has 112 valence electrons. The van der Waals surface area contributed by atoms with Crippen LogP contribution in [0.2, 0.25) is 0 Å². The van der Waals surface area contributed by atoms with Crippen LogP contribution in [0.1, 0.15) is 17.3 Å². The molecule has 0 atom stereocenters. The molecule has 0 saturated carbocycles. The molecule has 1 aromatic rings. The fraction of sp³-hybridized carbons (Fsp3) is 0.571. The maximum atomic E-state index is 12.0. The van der Waals surface area contributed by atoms with Crippen LogP contribution in [-0.4, -0.2) is 62.7 Å². The summed E-state index contributed by atoms with van der Waals surface area (Å²) in [7, 11) is 3.99. The Morgan fingerprint density at radius 3 is 2.90 bits per heavy atom. The number of pyridine rings is 1. The lowest BCUT2D eigenvalue weighted by molar-refractivity contribution is 0.0900. The van der Waals surface area contributed by atoms with Crippen LogP contribution >= 0.6 is 0 Å². The molecule has 1 heterocycles. The van der Waals surface area contributed by atoms with Gasteiger partial charge in [0.25, 0.3) is 5.91 Å². The third kappa shape index (κ3) is 5.99. The second kappa shape index (κ2) is 9.28. The van der Waals surface area contributed by atoms with E-state index < -0.39 is 0 Å². The first-order chi connectivity index (χ1) is 9.65. The molecule has 6 nitrogen and oxygen atoms in total. The van der Waals surface area contributed by atoms with E-state index in [0.717, 1.165) is 13.1 Å². The maximum Gasteiger partial charge on any atom is 0.255 e. The van der Waals surface area contributed by atoms with Gasteiger partial charge in [0.05, 0.1) is 18.8 Å². The molecule has 0 aliphatic heterocycles. The first-order valence-electron chi connectivity index (χ1n) is 6.84. The molecule has 0 bridgehead atoms. The molecular weight excluding hydrogens is 256 g/mol. The van der Waals surface area contributed by atoms with Crippen molar-refractivity contribution in [1.29, 1.82) is 0 Å². The second-order valence-electron chi connectivity index (χ2n) is 4.60. The molecule has 1 amide bonds. The zero-order valence-electron chi connectivity index (χ0n) is 12.5. The van der Waals surface area contributed by atoms with E-state index in [9.17, 15) is 4.79 Å². The molecule has 0 spiro atoms. The minimum absolute atomic E-state index is 0.134. The highest BCUT2D eigenvalue weighted by Gasteiger charge is 2.10. The van der Waals surface area contributed by atoms with Crippen molar-refractivity contribution in [2.75, 3.05) is 52.3 Å². The standard InChI is InChI=1S/C14H24N4O2/c1-4-15-13-12(6-5-7-16-13)14(19)17-8-10-20-11-9-18(2)3/h5-7H,4,8-11H2,1-3H3,(H,15,16)(H,17,19). The Morgan fingerprint density at radius 1 is 1.40 bits per heavy atom. The summed E-state index contributed by atoms with van der Waals surface area (Å²) in [6.45, 7) is 5.24. The lowest BCUT2D eigenvalue weighted by atomic mass is 10.2. The quantitative estimate of drug-likeness (QED) is 0.656. The van der Waals surface area contributed by atoms with Crippen LogP contribution in [0.15, 0.2) is 18.3 Å². The Hall–Kier alpha value is -1.66. The van der Waals surface area contributed by atoms with Crippen LogP contribution in [0.4, 0.5) is 5.82 Å². The second-order valence-corrected chi connectivity index (χ2v) is 4.60. The third-order valence-electron chi connectivity index (χ3n) is 2.61. The van der Waals surface area contributed by atoms with Gasteiger partial charge < -0.3 is 20.3 Å². The van der Waals surface area contributed by atoms with Crippen molar-refractivity contribution in [1.82, 2.24) is 15.2 Å². The number of carbonyl (C=O) groups is 1. The Bertz CT molecular complexity index is 410. The fourth-order valence-corrected chi connectivity index (χ4v) is 1.58. The van der Waals surface area contributed by atoms with Crippen molar-refractivity contribution in [3.8, 4) is 0 Å². The number of ether oxygens (including phenoxy) is 1. The van der Waals surface area contributed by atoms with Crippen LogP contribution in [0, 0.1) is 0 Å². The highest BCUT2D eigenvalue weighted by molar-refractivity contribution is 5.98. The van der Waals surface area contributed by atoms with Crippen molar-refractivity contribution in [2.24, 2.45) is 0 Å². The molecule has 0 radical (unpaired) electrons. The van der Waals surface area contributed by atoms with E-state index >= 15 is 0 Å². The summed E-state index contributed by atoms with van der Waals surface area (Å²) in [5.41, 5.74) is 0.558. The molecule has 1 rings (SSSR count).